The Hall–Kier alpha value is -1.64. The van der Waals surface area contributed by atoms with Crippen molar-refractivity contribution in [2.24, 2.45) is 11.7 Å². The van der Waals surface area contributed by atoms with E-state index in [0.717, 1.165) is 57.0 Å². The molecule has 1 aliphatic carbocycles. The molecule has 10 heteroatoms. The molecule has 2 aliphatic rings. The number of piperazine rings is 1. The molecule has 1 amide bonds. The zero-order valence-corrected chi connectivity index (χ0v) is 17.1. The maximum absolute atomic E-state index is 12.6. The van der Waals surface area contributed by atoms with E-state index in [1.54, 1.807) is 4.52 Å². The summed E-state index contributed by atoms with van der Waals surface area (Å²) in [6.07, 6.45) is 5.43. The second-order valence-corrected chi connectivity index (χ2v) is 7.15. The zero-order valence-electron chi connectivity index (χ0n) is 15.5. The Kier molecular flexibility index (Phi) is 7.25. The summed E-state index contributed by atoms with van der Waals surface area (Å²) in [6.45, 7) is 5.02. The number of aromatic nitrogens is 4. The molecule has 1 saturated carbocycles. The summed E-state index contributed by atoms with van der Waals surface area (Å²) >= 11 is 0. The van der Waals surface area contributed by atoms with Gasteiger partial charge in [-0.15, -0.1) is 24.8 Å². The Bertz CT molecular complexity index is 776. The summed E-state index contributed by atoms with van der Waals surface area (Å²) in [7, 11) is 0. The Morgan fingerprint density at radius 2 is 1.96 bits per heavy atom. The topological polar surface area (TPSA) is 92.7 Å². The predicted octanol–water partition coefficient (Wildman–Crippen LogP) is 1.44. The number of nitrogens with zero attached hydrogens (tertiary/aromatic N) is 6. The van der Waals surface area contributed by atoms with Crippen molar-refractivity contribution in [2.45, 2.75) is 38.6 Å². The van der Waals surface area contributed by atoms with E-state index in [2.05, 4.69) is 20.0 Å². The molecule has 1 saturated heterocycles. The van der Waals surface area contributed by atoms with Gasteiger partial charge in [-0.25, -0.2) is 4.98 Å². The fourth-order valence-corrected chi connectivity index (χ4v) is 3.99. The van der Waals surface area contributed by atoms with Crippen LogP contribution in [-0.2, 0) is 4.79 Å². The molecule has 150 valence electrons. The number of nitrogens with two attached hydrogens (primary N) is 1. The molecule has 2 fully saturated rings. The second kappa shape index (κ2) is 9.03. The van der Waals surface area contributed by atoms with Crippen LogP contribution in [0.2, 0.25) is 0 Å². The number of hydrogen-bond acceptors (Lipinski definition) is 6. The number of carbonyl (C=O) groups excluding carboxylic acids is 1. The standard InChI is InChI=1S/C17H25N7O.2ClH/c1-12-9-15(24-17(21-12)19-11-20-24)22-5-7-23(8-6-22)16(25)10-13-3-2-4-14(13)18;;/h9,11,13-14H,2-8,10,18H2,1H3;2*1H/t13-,14+;;/m0../s1. The van der Waals surface area contributed by atoms with Gasteiger partial charge in [-0.1, -0.05) is 6.42 Å². The van der Waals surface area contributed by atoms with Crippen LogP contribution in [-0.4, -0.2) is 62.6 Å². The van der Waals surface area contributed by atoms with Crippen LogP contribution in [0.1, 0.15) is 31.4 Å². The van der Waals surface area contributed by atoms with Crippen molar-refractivity contribution in [1.82, 2.24) is 24.5 Å². The highest BCUT2D eigenvalue weighted by molar-refractivity contribution is 5.85. The average molecular weight is 416 g/mol. The van der Waals surface area contributed by atoms with Crippen molar-refractivity contribution in [3.8, 4) is 0 Å². The van der Waals surface area contributed by atoms with E-state index < -0.39 is 0 Å². The van der Waals surface area contributed by atoms with Crippen molar-refractivity contribution in [2.75, 3.05) is 31.1 Å². The number of fused-ring (bicyclic) bond motifs is 1. The minimum Gasteiger partial charge on any atom is -0.353 e. The van der Waals surface area contributed by atoms with Crippen molar-refractivity contribution in [3.63, 3.8) is 0 Å². The monoisotopic (exact) mass is 415 g/mol. The van der Waals surface area contributed by atoms with Crippen LogP contribution in [0.3, 0.4) is 0 Å². The molecule has 0 bridgehead atoms. The van der Waals surface area contributed by atoms with E-state index >= 15 is 0 Å². The van der Waals surface area contributed by atoms with Gasteiger partial charge in [0.25, 0.3) is 5.78 Å². The molecule has 4 rings (SSSR count). The van der Waals surface area contributed by atoms with Gasteiger partial charge in [-0.2, -0.15) is 14.6 Å². The highest BCUT2D eigenvalue weighted by Crippen LogP contribution is 2.27. The fourth-order valence-electron chi connectivity index (χ4n) is 3.99. The van der Waals surface area contributed by atoms with Crippen molar-refractivity contribution in [3.05, 3.63) is 18.1 Å². The number of amides is 1. The average Bonchev–Trinajstić information content (AvgIpc) is 3.23. The molecule has 8 nitrogen and oxygen atoms in total. The highest BCUT2D eigenvalue weighted by Gasteiger charge is 2.29. The summed E-state index contributed by atoms with van der Waals surface area (Å²) in [6, 6.07) is 2.22. The van der Waals surface area contributed by atoms with Gasteiger partial charge in [0.1, 0.15) is 12.1 Å². The zero-order chi connectivity index (χ0) is 17.4. The van der Waals surface area contributed by atoms with Gasteiger partial charge in [0, 0.05) is 50.4 Å². The first-order valence-corrected chi connectivity index (χ1v) is 9.07. The minimum atomic E-state index is 0. The molecule has 3 heterocycles. The smallest absolute Gasteiger partial charge is 0.254 e. The summed E-state index contributed by atoms with van der Waals surface area (Å²) < 4.78 is 1.77. The van der Waals surface area contributed by atoms with Gasteiger partial charge < -0.3 is 15.5 Å². The molecular formula is C17H27Cl2N7O. The van der Waals surface area contributed by atoms with Gasteiger partial charge in [0.05, 0.1) is 0 Å². The van der Waals surface area contributed by atoms with Crippen molar-refractivity contribution in [1.29, 1.82) is 0 Å². The van der Waals surface area contributed by atoms with Crippen LogP contribution in [0.25, 0.3) is 5.78 Å². The van der Waals surface area contributed by atoms with E-state index in [9.17, 15) is 4.79 Å². The lowest BCUT2D eigenvalue weighted by Crippen LogP contribution is -2.50. The molecule has 2 atom stereocenters. The maximum Gasteiger partial charge on any atom is 0.254 e. The Labute approximate surface area is 171 Å². The number of aryl methyl sites for hydroxylation is 1. The quantitative estimate of drug-likeness (QED) is 0.814. The SMILES string of the molecule is Cc1cc(N2CCN(C(=O)C[C@@H]3CCC[C@H]3N)CC2)n2ncnc2n1.Cl.Cl. The first kappa shape index (κ1) is 21.7. The molecule has 2 N–H and O–H groups in total. The van der Waals surface area contributed by atoms with Crippen LogP contribution in [0.4, 0.5) is 5.82 Å². The van der Waals surface area contributed by atoms with Gasteiger partial charge in [0.2, 0.25) is 5.91 Å². The van der Waals surface area contributed by atoms with Gasteiger partial charge >= 0.3 is 0 Å². The predicted molar refractivity (Wildman–Crippen MR) is 109 cm³/mol. The second-order valence-electron chi connectivity index (χ2n) is 7.15. The summed E-state index contributed by atoms with van der Waals surface area (Å²) in [5.41, 5.74) is 7.03. The third-order valence-electron chi connectivity index (χ3n) is 5.47. The lowest BCUT2D eigenvalue weighted by Gasteiger charge is -2.36. The largest absolute Gasteiger partial charge is 0.353 e. The first-order chi connectivity index (χ1) is 12.1. The third-order valence-corrected chi connectivity index (χ3v) is 5.47. The fraction of sp³-hybridized carbons (Fsp3) is 0.647. The number of carbonyl (C=O) groups is 1. The van der Waals surface area contributed by atoms with E-state index in [4.69, 9.17) is 5.73 Å². The first-order valence-electron chi connectivity index (χ1n) is 9.07. The third kappa shape index (κ3) is 4.44. The lowest BCUT2D eigenvalue weighted by atomic mass is 9.99. The molecule has 0 radical (unpaired) electrons. The Morgan fingerprint density at radius 1 is 1.22 bits per heavy atom. The molecule has 0 spiro atoms. The van der Waals surface area contributed by atoms with E-state index in [0.29, 0.717) is 18.1 Å². The number of rotatable bonds is 3. The molecule has 2 aromatic rings. The van der Waals surface area contributed by atoms with Crippen LogP contribution in [0.5, 0.6) is 0 Å². The van der Waals surface area contributed by atoms with Gasteiger partial charge in [-0.3, -0.25) is 4.79 Å². The van der Waals surface area contributed by atoms with Gasteiger partial charge in [-0.05, 0) is 25.7 Å². The minimum absolute atomic E-state index is 0. The van der Waals surface area contributed by atoms with E-state index in [1.807, 2.05) is 17.9 Å². The Morgan fingerprint density at radius 3 is 2.63 bits per heavy atom. The van der Waals surface area contributed by atoms with E-state index in [1.165, 1.54) is 6.33 Å². The normalized spacial score (nSPS) is 22.4. The number of anilines is 1. The van der Waals surface area contributed by atoms with Crippen molar-refractivity contribution < 1.29 is 4.79 Å². The lowest BCUT2D eigenvalue weighted by molar-refractivity contribution is -0.132. The summed E-state index contributed by atoms with van der Waals surface area (Å²) in [5, 5.41) is 4.27. The number of halogens is 2. The van der Waals surface area contributed by atoms with Crippen molar-refractivity contribution >= 4 is 42.3 Å². The van der Waals surface area contributed by atoms with Crippen LogP contribution in [0.15, 0.2) is 12.4 Å². The van der Waals surface area contributed by atoms with Gasteiger partial charge in [0.15, 0.2) is 0 Å². The Balaban J connectivity index is 0.00000131. The number of hydrogen-bond donors (Lipinski definition) is 1. The maximum atomic E-state index is 12.6. The highest BCUT2D eigenvalue weighted by atomic mass is 35.5. The molecule has 0 aromatic carbocycles. The molecular weight excluding hydrogens is 389 g/mol. The summed E-state index contributed by atoms with van der Waals surface area (Å²) in [4.78, 5) is 25.4. The van der Waals surface area contributed by atoms with Crippen LogP contribution in [0, 0.1) is 12.8 Å². The van der Waals surface area contributed by atoms with E-state index in [-0.39, 0.29) is 36.8 Å². The van der Waals surface area contributed by atoms with Crippen LogP contribution < -0.4 is 10.6 Å². The molecule has 1 aliphatic heterocycles. The summed E-state index contributed by atoms with van der Waals surface area (Å²) in [5.74, 6) is 2.22. The molecule has 0 unspecified atom stereocenters. The molecule has 27 heavy (non-hydrogen) atoms. The molecule has 2 aromatic heterocycles. The van der Waals surface area contributed by atoms with Crippen LogP contribution >= 0.6 is 24.8 Å².